The molecule has 0 amide bonds. The summed E-state index contributed by atoms with van der Waals surface area (Å²) in [5.74, 6) is 0. The van der Waals surface area contributed by atoms with Gasteiger partial charge in [0.15, 0.2) is 0 Å². The van der Waals surface area contributed by atoms with Crippen LogP contribution in [0.25, 0.3) is 0 Å². The number of hydrogen-bond acceptors (Lipinski definition) is 2. The number of rotatable bonds is 2. The van der Waals surface area contributed by atoms with Gasteiger partial charge in [-0.1, -0.05) is 0 Å². The first-order valence-electron chi connectivity index (χ1n) is 5.84. The second-order valence-electron chi connectivity index (χ2n) is 5.52. The summed E-state index contributed by atoms with van der Waals surface area (Å²) in [7, 11) is 0. The van der Waals surface area contributed by atoms with Crippen molar-refractivity contribution in [3.8, 4) is 6.07 Å². The third-order valence-corrected chi connectivity index (χ3v) is 4.79. The number of halogens is 4. The number of nitrogens with one attached hydrogen (secondary N) is 1. The largest absolute Gasteiger partial charge is 0.394 e. The SMILES string of the molecule is N#Cc1ccc(NC23CC(C(F)(F)F)(C2)C3)c(Br)c1. The monoisotopic (exact) mass is 330 g/mol. The lowest BCUT2D eigenvalue weighted by Crippen LogP contribution is -2.75. The zero-order valence-electron chi connectivity index (χ0n) is 9.81. The molecule has 0 aliphatic heterocycles. The van der Waals surface area contributed by atoms with E-state index >= 15 is 0 Å². The van der Waals surface area contributed by atoms with Gasteiger partial charge in [-0.3, -0.25) is 0 Å². The number of nitriles is 1. The van der Waals surface area contributed by atoms with Crippen LogP contribution in [0.1, 0.15) is 24.8 Å². The number of alkyl halides is 3. The van der Waals surface area contributed by atoms with Crippen LogP contribution in [0, 0.1) is 16.7 Å². The first-order valence-corrected chi connectivity index (χ1v) is 6.63. The van der Waals surface area contributed by atoms with Crippen molar-refractivity contribution in [2.24, 2.45) is 5.41 Å². The molecule has 2 nitrogen and oxygen atoms in total. The minimum atomic E-state index is -4.08. The Morgan fingerprint density at radius 2 is 1.89 bits per heavy atom. The normalized spacial score (nSPS) is 31.9. The molecule has 0 spiro atoms. The Morgan fingerprint density at radius 1 is 1.26 bits per heavy atom. The molecule has 19 heavy (non-hydrogen) atoms. The number of hydrogen-bond donors (Lipinski definition) is 1. The van der Waals surface area contributed by atoms with Crippen LogP contribution in [0.5, 0.6) is 0 Å². The minimum absolute atomic E-state index is 0.149. The summed E-state index contributed by atoms with van der Waals surface area (Å²) < 4.78 is 38.9. The number of benzene rings is 1. The maximum Gasteiger partial charge on any atom is 0.394 e. The zero-order chi connectivity index (χ0) is 13.9. The smallest absolute Gasteiger partial charge is 0.379 e. The van der Waals surface area contributed by atoms with Crippen molar-refractivity contribution in [1.82, 2.24) is 0 Å². The van der Waals surface area contributed by atoms with Crippen LogP contribution in [-0.2, 0) is 0 Å². The Labute approximate surface area is 116 Å². The van der Waals surface area contributed by atoms with Crippen LogP contribution < -0.4 is 5.32 Å². The highest BCUT2D eigenvalue weighted by Crippen LogP contribution is 2.74. The van der Waals surface area contributed by atoms with E-state index in [2.05, 4.69) is 21.2 Å². The highest BCUT2D eigenvalue weighted by Gasteiger charge is 2.78. The van der Waals surface area contributed by atoms with Gasteiger partial charge in [0.1, 0.15) is 0 Å². The highest BCUT2D eigenvalue weighted by molar-refractivity contribution is 9.10. The lowest BCUT2D eigenvalue weighted by molar-refractivity contribution is -0.326. The van der Waals surface area contributed by atoms with E-state index in [9.17, 15) is 13.2 Å². The summed E-state index contributed by atoms with van der Waals surface area (Å²) in [4.78, 5) is 0. The third-order valence-electron chi connectivity index (χ3n) is 4.13. The van der Waals surface area contributed by atoms with E-state index in [1.54, 1.807) is 18.2 Å². The van der Waals surface area contributed by atoms with E-state index in [4.69, 9.17) is 5.26 Å². The second-order valence-corrected chi connectivity index (χ2v) is 6.37. The maximum atomic E-state index is 12.7. The fraction of sp³-hybridized carbons (Fsp3) is 0.462. The lowest BCUT2D eigenvalue weighted by atomic mass is 9.39. The van der Waals surface area contributed by atoms with Gasteiger partial charge in [-0.05, 0) is 53.4 Å². The summed E-state index contributed by atoms with van der Waals surface area (Å²) in [5.41, 5.74) is -0.595. The van der Waals surface area contributed by atoms with Crippen LogP contribution in [0.15, 0.2) is 22.7 Å². The van der Waals surface area contributed by atoms with E-state index in [0.717, 1.165) is 5.69 Å². The van der Waals surface area contributed by atoms with Crippen molar-refractivity contribution in [2.45, 2.75) is 31.0 Å². The standard InChI is InChI=1S/C13H10BrF3N2/c14-9-3-8(4-18)1-2-10(9)19-12-5-11(6-12,7-12)13(15,16)17/h1-3,19H,5-7H2. The van der Waals surface area contributed by atoms with Crippen molar-refractivity contribution in [3.63, 3.8) is 0 Å². The molecule has 3 saturated carbocycles. The van der Waals surface area contributed by atoms with Gasteiger partial charge in [0.05, 0.1) is 17.0 Å². The van der Waals surface area contributed by atoms with Crippen molar-refractivity contribution >= 4 is 21.6 Å². The third kappa shape index (κ3) is 1.75. The summed E-state index contributed by atoms with van der Waals surface area (Å²) >= 11 is 3.33. The zero-order valence-corrected chi connectivity index (χ0v) is 11.4. The fourth-order valence-corrected chi connectivity index (χ4v) is 3.67. The summed E-state index contributed by atoms with van der Waals surface area (Å²) in [5, 5.41) is 11.9. The second kappa shape index (κ2) is 3.66. The summed E-state index contributed by atoms with van der Waals surface area (Å²) in [6.07, 6.45) is -3.64. The Balaban J connectivity index is 1.72. The van der Waals surface area contributed by atoms with Crippen LogP contribution in [0.2, 0.25) is 0 Å². The first kappa shape index (κ1) is 12.8. The Hall–Kier alpha value is -1.22. The fourth-order valence-electron chi connectivity index (χ4n) is 3.19. The first-order chi connectivity index (χ1) is 8.79. The van der Waals surface area contributed by atoms with Crippen LogP contribution in [-0.4, -0.2) is 11.7 Å². The van der Waals surface area contributed by atoms with E-state index in [1.807, 2.05) is 6.07 Å². The molecular formula is C13H10BrF3N2. The van der Waals surface area contributed by atoms with Crippen LogP contribution in [0.3, 0.4) is 0 Å². The van der Waals surface area contributed by atoms with Gasteiger partial charge in [-0.2, -0.15) is 18.4 Å². The van der Waals surface area contributed by atoms with Gasteiger partial charge in [-0.25, -0.2) is 0 Å². The molecule has 1 aromatic rings. The van der Waals surface area contributed by atoms with Crippen molar-refractivity contribution in [3.05, 3.63) is 28.2 Å². The van der Waals surface area contributed by atoms with Crippen molar-refractivity contribution in [1.29, 1.82) is 5.26 Å². The molecule has 0 aromatic heterocycles. The van der Waals surface area contributed by atoms with Crippen LogP contribution >= 0.6 is 15.9 Å². The van der Waals surface area contributed by atoms with Gasteiger partial charge >= 0.3 is 6.18 Å². The Bertz CT molecular complexity index is 569. The molecule has 1 aromatic carbocycles. The average molecular weight is 331 g/mol. The molecule has 0 saturated heterocycles. The van der Waals surface area contributed by atoms with Gasteiger partial charge in [0, 0.05) is 15.7 Å². The molecule has 4 rings (SSSR count). The maximum absolute atomic E-state index is 12.7. The van der Waals surface area contributed by atoms with Gasteiger partial charge < -0.3 is 5.32 Å². The van der Waals surface area contributed by atoms with E-state index in [0.29, 0.717) is 10.0 Å². The Kier molecular flexibility index (Phi) is 2.47. The van der Waals surface area contributed by atoms with Crippen LogP contribution in [0.4, 0.5) is 18.9 Å². The molecule has 1 N–H and O–H groups in total. The quantitative estimate of drug-likeness (QED) is 0.881. The molecule has 0 radical (unpaired) electrons. The number of nitrogens with zero attached hydrogens (tertiary/aromatic N) is 1. The summed E-state index contributed by atoms with van der Waals surface area (Å²) in [6.45, 7) is 0. The number of anilines is 1. The predicted molar refractivity (Wildman–Crippen MR) is 67.5 cm³/mol. The van der Waals surface area contributed by atoms with Gasteiger partial charge in [0.25, 0.3) is 0 Å². The molecule has 3 fully saturated rings. The molecule has 100 valence electrons. The lowest BCUT2D eigenvalue weighted by Gasteiger charge is -2.70. The van der Waals surface area contributed by atoms with Crippen molar-refractivity contribution in [2.75, 3.05) is 5.32 Å². The molecule has 3 aliphatic carbocycles. The van der Waals surface area contributed by atoms with Gasteiger partial charge in [-0.15, -0.1) is 0 Å². The minimum Gasteiger partial charge on any atom is -0.379 e. The molecule has 0 unspecified atom stereocenters. The van der Waals surface area contributed by atoms with E-state index < -0.39 is 17.1 Å². The topological polar surface area (TPSA) is 35.8 Å². The van der Waals surface area contributed by atoms with E-state index in [-0.39, 0.29) is 19.3 Å². The van der Waals surface area contributed by atoms with E-state index in [1.165, 1.54) is 0 Å². The van der Waals surface area contributed by atoms with Crippen molar-refractivity contribution < 1.29 is 13.2 Å². The average Bonchev–Trinajstić information content (AvgIpc) is 2.20. The Morgan fingerprint density at radius 3 is 2.37 bits per heavy atom. The molecule has 0 atom stereocenters. The molecule has 2 bridgehead atoms. The molecular weight excluding hydrogens is 321 g/mol. The molecule has 6 heteroatoms. The highest BCUT2D eigenvalue weighted by atomic mass is 79.9. The molecule has 3 aliphatic rings. The summed E-state index contributed by atoms with van der Waals surface area (Å²) in [6, 6.07) is 7.05. The van der Waals surface area contributed by atoms with Gasteiger partial charge in [0.2, 0.25) is 0 Å². The molecule has 0 heterocycles. The predicted octanol–water partition coefficient (Wildman–Crippen LogP) is 4.22.